The number of ether oxygens (including phenoxy) is 1. The standard InChI is InChI=1S/C20H30O/c1-15(2)9-11-19(13-17(5)6)21-20(14-18(7)8)12-10-16(3)4/h9-14,19-20H,1,3H2,2,4-8H3. The van der Waals surface area contributed by atoms with E-state index in [0.29, 0.717) is 0 Å². The highest BCUT2D eigenvalue weighted by Gasteiger charge is 2.08. The fourth-order valence-corrected chi connectivity index (χ4v) is 1.64. The van der Waals surface area contributed by atoms with E-state index >= 15 is 0 Å². The lowest BCUT2D eigenvalue weighted by Gasteiger charge is -2.17. The molecule has 116 valence electrons. The molecule has 0 aromatic rings. The minimum absolute atomic E-state index is 0.0675. The van der Waals surface area contributed by atoms with Crippen molar-refractivity contribution in [1.29, 1.82) is 0 Å². The van der Waals surface area contributed by atoms with Crippen LogP contribution in [0.15, 0.2) is 71.9 Å². The van der Waals surface area contributed by atoms with E-state index in [9.17, 15) is 0 Å². The van der Waals surface area contributed by atoms with Gasteiger partial charge in [0.05, 0.1) is 12.2 Å². The van der Waals surface area contributed by atoms with Crippen molar-refractivity contribution in [3.8, 4) is 0 Å². The van der Waals surface area contributed by atoms with Gasteiger partial charge in [-0.3, -0.25) is 0 Å². The van der Waals surface area contributed by atoms with Gasteiger partial charge in [-0.25, -0.2) is 0 Å². The zero-order chi connectivity index (χ0) is 16.4. The van der Waals surface area contributed by atoms with Crippen LogP contribution in [0.4, 0.5) is 0 Å². The van der Waals surface area contributed by atoms with E-state index in [4.69, 9.17) is 4.74 Å². The average Bonchev–Trinajstić information content (AvgIpc) is 2.31. The Hall–Kier alpha value is -1.60. The van der Waals surface area contributed by atoms with E-state index in [1.54, 1.807) is 0 Å². The molecule has 0 aliphatic carbocycles. The van der Waals surface area contributed by atoms with Crippen molar-refractivity contribution in [1.82, 2.24) is 0 Å². The lowest BCUT2D eigenvalue weighted by molar-refractivity contribution is 0.0954. The molecule has 0 saturated heterocycles. The van der Waals surface area contributed by atoms with Crippen LogP contribution in [-0.4, -0.2) is 12.2 Å². The van der Waals surface area contributed by atoms with Crippen LogP contribution in [0.3, 0.4) is 0 Å². The van der Waals surface area contributed by atoms with Gasteiger partial charge in [0, 0.05) is 0 Å². The molecule has 0 amide bonds. The Bertz CT molecular complexity index is 420. The summed E-state index contributed by atoms with van der Waals surface area (Å²) in [7, 11) is 0. The fourth-order valence-electron chi connectivity index (χ4n) is 1.64. The van der Waals surface area contributed by atoms with Gasteiger partial charge in [0.2, 0.25) is 0 Å². The van der Waals surface area contributed by atoms with Crippen molar-refractivity contribution in [2.24, 2.45) is 0 Å². The Labute approximate surface area is 131 Å². The maximum Gasteiger partial charge on any atom is 0.0955 e. The Morgan fingerprint density at radius 2 is 1.05 bits per heavy atom. The van der Waals surface area contributed by atoms with E-state index < -0.39 is 0 Å². The second-order valence-corrected chi connectivity index (χ2v) is 5.96. The summed E-state index contributed by atoms with van der Waals surface area (Å²) in [5.41, 5.74) is 4.49. The molecule has 0 bridgehead atoms. The van der Waals surface area contributed by atoms with Crippen LogP contribution in [-0.2, 0) is 4.74 Å². The van der Waals surface area contributed by atoms with Gasteiger partial charge in [-0.05, 0) is 41.5 Å². The summed E-state index contributed by atoms with van der Waals surface area (Å²) in [5, 5.41) is 0. The Balaban J connectivity index is 5.19. The SMILES string of the molecule is C=C(C)C=CC(C=C(C)C)OC(C=CC(=C)C)C=C(C)C. The number of hydrogen-bond acceptors (Lipinski definition) is 1. The first-order valence-corrected chi connectivity index (χ1v) is 7.33. The maximum absolute atomic E-state index is 6.16. The zero-order valence-corrected chi connectivity index (χ0v) is 14.4. The molecule has 0 saturated carbocycles. The first-order valence-electron chi connectivity index (χ1n) is 7.33. The summed E-state index contributed by atoms with van der Waals surface area (Å²) in [6.07, 6.45) is 12.1. The lowest BCUT2D eigenvalue weighted by atomic mass is 10.1. The molecule has 0 aromatic heterocycles. The van der Waals surface area contributed by atoms with Crippen LogP contribution in [0.25, 0.3) is 0 Å². The van der Waals surface area contributed by atoms with Crippen molar-refractivity contribution in [2.45, 2.75) is 53.8 Å². The van der Waals surface area contributed by atoms with E-state index in [-0.39, 0.29) is 12.2 Å². The number of hydrogen-bond donors (Lipinski definition) is 0. The number of rotatable bonds is 8. The summed E-state index contributed by atoms with van der Waals surface area (Å²) >= 11 is 0. The van der Waals surface area contributed by atoms with Crippen LogP contribution in [0, 0.1) is 0 Å². The topological polar surface area (TPSA) is 9.23 Å². The van der Waals surface area contributed by atoms with Gasteiger partial charge in [-0.1, -0.05) is 71.9 Å². The largest absolute Gasteiger partial charge is 0.359 e. The highest BCUT2D eigenvalue weighted by molar-refractivity contribution is 5.20. The van der Waals surface area contributed by atoms with Crippen molar-refractivity contribution < 1.29 is 4.74 Å². The molecule has 0 heterocycles. The summed E-state index contributed by atoms with van der Waals surface area (Å²) in [6, 6.07) is 0. The van der Waals surface area contributed by atoms with Gasteiger partial charge in [-0.15, -0.1) is 0 Å². The van der Waals surface area contributed by atoms with Crippen LogP contribution < -0.4 is 0 Å². The Morgan fingerprint density at radius 3 is 1.29 bits per heavy atom. The Morgan fingerprint density at radius 1 is 0.714 bits per heavy atom. The Kier molecular flexibility index (Phi) is 9.40. The molecule has 0 radical (unpaired) electrons. The highest BCUT2D eigenvalue weighted by atomic mass is 16.5. The fraction of sp³-hybridized carbons (Fsp3) is 0.400. The van der Waals surface area contributed by atoms with E-state index in [2.05, 4.69) is 53.0 Å². The second-order valence-electron chi connectivity index (χ2n) is 5.96. The molecule has 0 fully saturated rings. The predicted octanol–water partition coefficient (Wildman–Crippen LogP) is 5.94. The van der Waals surface area contributed by atoms with Crippen LogP contribution in [0.1, 0.15) is 41.5 Å². The second kappa shape index (κ2) is 10.2. The molecule has 21 heavy (non-hydrogen) atoms. The maximum atomic E-state index is 6.16. The summed E-state index contributed by atoms with van der Waals surface area (Å²) < 4.78 is 6.16. The first kappa shape index (κ1) is 19.4. The van der Waals surface area contributed by atoms with Gasteiger partial charge in [0.25, 0.3) is 0 Å². The highest BCUT2D eigenvalue weighted by Crippen LogP contribution is 2.11. The molecular formula is C20H30O. The molecule has 0 N–H and O–H groups in total. The van der Waals surface area contributed by atoms with Crippen LogP contribution in [0.5, 0.6) is 0 Å². The third-order valence-corrected chi connectivity index (χ3v) is 2.45. The zero-order valence-electron chi connectivity index (χ0n) is 14.4. The quantitative estimate of drug-likeness (QED) is 0.396. The molecule has 0 aliphatic heterocycles. The molecule has 0 aliphatic rings. The van der Waals surface area contributed by atoms with Crippen molar-refractivity contribution in [2.75, 3.05) is 0 Å². The molecule has 2 unspecified atom stereocenters. The van der Waals surface area contributed by atoms with Crippen LogP contribution >= 0.6 is 0 Å². The monoisotopic (exact) mass is 286 g/mol. The first-order chi connectivity index (χ1) is 9.70. The van der Waals surface area contributed by atoms with Gasteiger partial charge in [0.1, 0.15) is 0 Å². The minimum atomic E-state index is -0.0675. The number of allylic oxidation sites excluding steroid dienone is 6. The van der Waals surface area contributed by atoms with Gasteiger partial charge in [-0.2, -0.15) is 0 Å². The summed E-state index contributed by atoms with van der Waals surface area (Å²) in [6.45, 7) is 20.0. The molecule has 0 spiro atoms. The van der Waals surface area contributed by atoms with E-state index in [1.165, 1.54) is 11.1 Å². The molecule has 2 atom stereocenters. The molecule has 1 heteroatoms. The average molecular weight is 286 g/mol. The summed E-state index contributed by atoms with van der Waals surface area (Å²) in [5.74, 6) is 0. The van der Waals surface area contributed by atoms with Crippen molar-refractivity contribution in [3.63, 3.8) is 0 Å². The molecular weight excluding hydrogens is 256 g/mol. The van der Waals surface area contributed by atoms with Crippen LogP contribution in [0.2, 0.25) is 0 Å². The normalized spacial score (nSPS) is 14.0. The smallest absolute Gasteiger partial charge is 0.0955 e. The van der Waals surface area contributed by atoms with Gasteiger partial charge < -0.3 is 4.74 Å². The van der Waals surface area contributed by atoms with E-state index in [0.717, 1.165) is 11.1 Å². The lowest BCUT2D eigenvalue weighted by Crippen LogP contribution is -2.16. The third kappa shape index (κ3) is 11.9. The minimum Gasteiger partial charge on any atom is -0.359 e. The predicted molar refractivity (Wildman–Crippen MR) is 95.4 cm³/mol. The van der Waals surface area contributed by atoms with Gasteiger partial charge >= 0.3 is 0 Å². The van der Waals surface area contributed by atoms with E-state index in [1.807, 2.05) is 38.2 Å². The van der Waals surface area contributed by atoms with Crippen molar-refractivity contribution >= 4 is 0 Å². The summed E-state index contributed by atoms with van der Waals surface area (Å²) in [4.78, 5) is 0. The van der Waals surface area contributed by atoms with Crippen molar-refractivity contribution in [3.05, 3.63) is 71.9 Å². The molecule has 0 rings (SSSR count). The van der Waals surface area contributed by atoms with Gasteiger partial charge in [0.15, 0.2) is 0 Å². The molecule has 1 nitrogen and oxygen atoms in total. The molecule has 0 aromatic carbocycles. The third-order valence-electron chi connectivity index (χ3n) is 2.45.